The standard InChI is InChI=1S/C16H17NS/c17-11-15(9-12-3-1-2-4-12)13-5-6-16-14(10-13)7-8-18-16/h5-8,10,12,15H,1-4,9H2. The maximum atomic E-state index is 9.42. The zero-order valence-corrected chi connectivity index (χ0v) is 11.2. The predicted octanol–water partition coefficient (Wildman–Crippen LogP) is 5.09. The second-order valence-corrected chi connectivity index (χ2v) is 6.23. The molecular weight excluding hydrogens is 238 g/mol. The molecule has 1 nitrogen and oxygen atoms in total. The average Bonchev–Trinajstić information content (AvgIpc) is 3.06. The number of nitriles is 1. The number of hydrogen-bond acceptors (Lipinski definition) is 2. The van der Waals surface area contributed by atoms with Crippen molar-refractivity contribution in [3.05, 3.63) is 35.2 Å². The van der Waals surface area contributed by atoms with Gasteiger partial charge in [0.1, 0.15) is 0 Å². The van der Waals surface area contributed by atoms with Crippen LogP contribution < -0.4 is 0 Å². The molecule has 1 aliphatic carbocycles. The molecule has 1 saturated carbocycles. The van der Waals surface area contributed by atoms with Crippen LogP contribution in [0.15, 0.2) is 29.6 Å². The first-order valence-corrected chi connectivity index (χ1v) is 7.61. The molecule has 2 aromatic rings. The number of benzene rings is 1. The van der Waals surface area contributed by atoms with Crippen molar-refractivity contribution in [1.29, 1.82) is 5.26 Å². The molecule has 3 rings (SSSR count). The highest BCUT2D eigenvalue weighted by molar-refractivity contribution is 7.17. The summed E-state index contributed by atoms with van der Waals surface area (Å²) in [6.45, 7) is 0. The third-order valence-electron chi connectivity index (χ3n) is 4.08. The van der Waals surface area contributed by atoms with Crippen LogP contribution >= 0.6 is 11.3 Å². The van der Waals surface area contributed by atoms with Crippen LogP contribution in [0.3, 0.4) is 0 Å². The van der Waals surface area contributed by atoms with Gasteiger partial charge in [-0.3, -0.25) is 0 Å². The lowest BCUT2D eigenvalue weighted by atomic mass is 9.88. The summed E-state index contributed by atoms with van der Waals surface area (Å²) in [6, 6.07) is 11.2. The molecule has 0 N–H and O–H groups in total. The fraction of sp³-hybridized carbons (Fsp3) is 0.438. The average molecular weight is 255 g/mol. The molecule has 1 aromatic carbocycles. The van der Waals surface area contributed by atoms with Crippen LogP contribution in [0.4, 0.5) is 0 Å². The topological polar surface area (TPSA) is 23.8 Å². The second kappa shape index (κ2) is 5.12. The Kier molecular flexibility index (Phi) is 3.34. The minimum absolute atomic E-state index is 0.0809. The van der Waals surface area contributed by atoms with Gasteiger partial charge < -0.3 is 0 Å². The van der Waals surface area contributed by atoms with Gasteiger partial charge in [0.15, 0.2) is 0 Å². The van der Waals surface area contributed by atoms with Crippen molar-refractivity contribution in [2.24, 2.45) is 5.92 Å². The van der Waals surface area contributed by atoms with Crippen molar-refractivity contribution in [1.82, 2.24) is 0 Å². The molecule has 0 aliphatic heterocycles. The number of fused-ring (bicyclic) bond motifs is 1. The maximum Gasteiger partial charge on any atom is 0.0715 e. The fourth-order valence-electron chi connectivity index (χ4n) is 3.04. The van der Waals surface area contributed by atoms with Gasteiger partial charge >= 0.3 is 0 Å². The first-order valence-electron chi connectivity index (χ1n) is 6.73. The van der Waals surface area contributed by atoms with Gasteiger partial charge in [0.2, 0.25) is 0 Å². The normalized spacial score (nSPS) is 17.9. The number of rotatable bonds is 3. The molecule has 1 atom stereocenters. The van der Waals surface area contributed by atoms with E-state index in [2.05, 4.69) is 35.7 Å². The van der Waals surface area contributed by atoms with Crippen LogP contribution in [0, 0.1) is 17.2 Å². The maximum absolute atomic E-state index is 9.42. The molecule has 1 aliphatic rings. The van der Waals surface area contributed by atoms with E-state index in [4.69, 9.17) is 0 Å². The molecular formula is C16H17NS. The number of nitrogens with zero attached hydrogens (tertiary/aromatic N) is 1. The Morgan fingerprint density at radius 1 is 1.28 bits per heavy atom. The zero-order valence-electron chi connectivity index (χ0n) is 10.4. The smallest absolute Gasteiger partial charge is 0.0715 e. The lowest BCUT2D eigenvalue weighted by molar-refractivity contribution is 0.482. The van der Waals surface area contributed by atoms with Crippen LogP contribution in [-0.4, -0.2) is 0 Å². The van der Waals surface area contributed by atoms with Crippen molar-refractivity contribution in [3.8, 4) is 6.07 Å². The summed E-state index contributed by atoms with van der Waals surface area (Å²) in [5, 5.41) is 12.8. The number of hydrogen-bond donors (Lipinski definition) is 0. The summed E-state index contributed by atoms with van der Waals surface area (Å²) < 4.78 is 1.32. The van der Waals surface area contributed by atoms with E-state index in [-0.39, 0.29) is 5.92 Å². The quantitative estimate of drug-likeness (QED) is 0.749. The summed E-state index contributed by atoms with van der Waals surface area (Å²) in [5.41, 5.74) is 1.20. The van der Waals surface area contributed by atoms with Gasteiger partial charge in [-0.15, -0.1) is 11.3 Å². The Hall–Kier alpha value is -1.33. The van der Waals surface area contributed by atoms with Crippen molar-refractivity contribution < 1.29 is 0 Å². The summed E-state index contributed by atoms with van der Waals surface area (Å²) >= 11 is 1.77. The lowest BCUT2D eigenvalue weighted by Crippen LogP contribution is -2.03. The Balaban J connectivity index is 1.83. The molecule has 18 heavy (non-hydrogen) atoms. The molecule has 0 radical (unpaired) electrons. The summed E-state index contributed by atoms with van der Waals surface area (Å²) in [6.07, 6.45) is 6.39. The van der Waals surface area contributed by atoms with Crippen LogP contribution in [0.2, 0.25) is 0 Å². The monoisotopic (exact) mass is 255 g/mol. The van der Waals surface area contributed by atoms with Gasteiger partial charge in [-0.1, -0.05) is 31.7 Å². The summed E-state index contributed by atoms with van der Waals surface area (Å²) in [4.78, 5) is 0. The first kappa shape index (κ1) is 11.7. The summed E-state index contributed by atoms with van der Waals surface area (Å²) in [5.74, 6) is 0.852. The van der Waals surface area contributed by atoms with Crippen molar-refractivity contribution in [3.63, 3.8) is 0 Å². The van der Waals surface area contributed by atoms with Gasteiger partial charge in [0, 0.05) is 4.70 Å². The van der Waals surface area contributed by atoms with Gasteiger partial charge in [-0.25, -0.2) is 0 Å². The SMILES string of the molecule is N#CC(CC1CCCC1)c1ccc2sccc2c1. The highest BCUT2D eigenvalue weighted by atomic mass is 32.1. The van der Waals surface area contributed by atoms with Gasteiger partial charge in [-0.2, -0.15) is 5.26 Å². The molecule has 92 valence electrons. The predicted molar refractivity (Wildman–Crippen MR) is 76.8 cm³/mol. The molecule has 0 spiro atoms. The van der Waals surface area contributed by atoms with E-state index in [0.717, 1.165) is 12.3 Å². The molecule has 1 unspecified atom stereocenters. The first-order chi connectivity index (χ1) is 8.86. The lowest BCUT2D eigenvalue weighted by Gasteiger charge is -2.14. The van der Waals surface area contributed by atoms with E-state index in [0.29, 0.717) is 0 Å². The molecule has 1 aromatic heterocycles. The Morgan fingerprint density at radius 3 is 2.89 bits per heavy atom. The minimum atomic E-state index is 0.0809. The number of thiophene rings is 1. The molecule has 0 saturated heterocycles. The van der Waals surface area contributed by atoms with Gasteiger partial charge in [0.05, 0.1) is 12.0 Å². The van der Waals surface area contributed by atoms with Crippen molar-refractivity contribution in [2.75, 3.05) is 0 Å². The van der Waals surface area contributed by atoms with E-state index in [1.165, 1.54) is 41.3 Å². The minimum Gasteiger partial charge on any atom is -0.198 e. The van der Waals surface area contributed by atoms with Crippen LogP contribution in [0.1, 0.15) is 43.6 Å². The third kappa shape index (κ3) is 2.28. The molecule has 1 fully saturated rings. The Labute approximate surface area is 112 Å². The molecule has 2 heteroatoms. The van der Waals surface area contributed by atoms with E-state index in [1.807, 2.05) is 0 Å². The van der Waals surface area contributed by atoms with Gasteiger partial charge in [0.25, 0.3) is 0 Å². The Bertz CT molecular complexity index is 572. The van der Waals surface area contributed by atoms with E-state index in [1.54, 1.807) is 11.3 Å². The van der Waals surface area contributed by atoms with Crippen molar-refractivity contribution in [2.45, 2.75) is 38.0 Å². The molecule has 0 bridgehead atoms. The second-order valence-electron chi connectivity index (χ2n) is 5.29. The third-order valence-corrected chi connectivity index (χ3v) is 4.98. The van der Waals surface area contributed by atoms with Crippen LogP contribution in [0.5, 0.6) is 0 Å². The highest BCUT2D eigenvalue weighted by Crippen LogP contribution is 2.35. The molecule has 0 amide bonds. The molecule has 1 heterocycles. The van der Waals surface area contributed by atoms with Crippen molar-refractivity contribution >= 4 is 21.4 Å². The van der Waals surface area contributed by atoms with E-state index < -0.39 is 0 Å². The highest BCUT2D eigenvalue weighted by Gasteiger charge is 2.21. The van der Waals surface area contributed by atoms with Crippen LogP contribution in [0.25, 0.3) is 10.1 Å². The van der Waals surface area contributed by atoms with E-state index >= 15 is 0 Å². The van der Waals surface area contributed by atoms with Crippen LogP contribution in [-0.2, 0) is 0 Å². The Morgan fingerprint density at radius 2 is 2.11 bits per heavy atom. The fourth-order valence-corrected chi connectivity index (χ4v) is 3.82. The zero-order chi connectivity index (χ0) is 12.4. The largest absolute Gasteiger partial charge is 0.198 e. The summed E-state index contributed by atoms with van der Waals surface area (Å²) in [7, 11) is 0. The van der Waals surface area contributed by atoms with Gasteiger partial charge in [-0.05, 0) is 46.9 Å². The van der Waals surface area contributed by atoms with E-state index in [9.17, 15) is 5.26 Å².